The van der Waals surface area contributed by atoms with Crippen LogP contribution in [0.25, 0.3) is 0 Å². The highest BCUT2D eigenvalue weighted by molar-refractivity contribution is 9.10. The van der Waals surface area contributed by atoms with E-state index in [1.807, 2.05) is 24.3 Å². The van der Waals surface area contributed by atoms with Crippen LogP contribution in [0, 0.1) is 17.0 Å². The molecule has 0 spiro atoms. The summed E-state index contributed by atoms with van der Waals surface area (Å²) >= 11 is 3.37. The molecule has 0 saturated carbocycles. The first-order valence-corrected chi connectivity index (χ1v) is 7.53. The third-order valence-corrected chi connectivity index (χ3v) is 3.73. The lowest BCUT2D eigenvalue weighted by Gasteiger charge is -2.04. The van der Waals surface area contributed by atoms with Gasteiger partial charge in [0, 0.05) is 21.7 Å². The Morgan fingerprint density at radius 2 is 1.96 bits per heavy atom. The van der Waals surface area contributed by atoms with Gasteiger partial charge in [0.05, 0.1) is 10.6 Å². The summed E-state index contributed by atoms with van der Waals surface area (Å²) in [4.78, 5) is 22.5. The normalized spacial score (nSPS) is 11.2. The second kappa shape index (κ2) is 7.15. The number of carbonyl (C=O) groups excluding carboxylic acids is 1. The van der Waals surface area contributed by atoms with Crippen molar-refractivity contribution >= 4 is 33.2 Å². The van der Waals surface area contributed by atoms with Crippen molar-refractivity contribution in [2.45, 2.75) is 13.8 Å². The summed E-state index contributed by atoms with van der Waals surface area (Å²) in [6.45, 7) is 3.38. The van der Waals surface area contributed by atoms with Gasteiger partial charge in [-0.25, -0.2) is 5.43 Å². The van der Waals surface area contributed by atoms with Gasteiger partial charge in [-0.3, -0.25) is 14.9 Å². The molecule has 0 bridgehead atoms. The molecule has 0 heterocycles. The highest BCUT2D eigenvalue weighted by atomic mass is 79.9. The quantitative estimate of drug-likeness (QED) is 0.500. The molecule has 0 fully saturated rings. The van der Waals surface area contributed by atoms with Gasteiger partial charge in [-0.2, -0.15) is 5.10 Å². The summed E-state index contributed by atoms with van der Waals surface area (Å²) < 4.78 is 0.907. The van der Waals surface area contributed by atoms with E-state index in [4.69, 9.17) is 0 Å². The van der Waals surface area contributed by atoms with Crippen LogP contribution in [0.4, 0.5) is 5.69 Å². The lowest BCUT2D eigenvalue weighted by molar-refractivity contribution is -0.385. The number of hydrogen-bond donors (Lipinski definition) is 1. The number of nitro benzene ring substituents is 1. The standard InChI is InChI=1S/C16H14BrN3O3/c1-10-6-7-13(9-15(10)20(22)23)16(21)19-18-11(2)12-4-3-5-14(17)8-12/h3-9H,1-2H3,(H,19,21)/b18-11+. The zero-order valence-electron chi connectivity index (χ0n) is 12.5. The molecule has 0 aliphatic rings. The van der Waals surface area contributed by atoms with Crippen LogP contribution < -0.4 is 5.43 Å². The number of aryl methyl sites for hydroxylation is 1. The fourth-order valence-corrected chi connectivity index (χ4v) is 2.32. The molecule has 0 aromatic heterocycles. The van der Waals surface area contributed by atoms with E-state index in [9.17, 15) is 14.9 Å². The van der Waals surface area contributed by atoms with E-state index >= 15 is 0 Å². The molecule has 1 N–H and O–H groups in total. The van der Waals surface area contributed by atoms with Crippen LogP contribution in [-0.2, 0) is 0 Å². The Morgan fingerprint density at radius 1 is 1.22 bits per heavy atom. The van der Waals surface area contributed by atoms with Crippen molar-refractivity contribution in [2.24, 2.45) is 5.10 Å². The van der Waals surface area contributed by atoms with E-state index in [1.54, 1.807) is 13.8 Å². The molecule has 1 amide bonds. The number of hydrogen-bond acceptors (Lipinski definition) is 4. The molecule has 118 valence electrons. The summed E-state index contributed by atoms with van der Waals surface area (Å²) in [6, 6.07) is 11.8. The van der Waals surface area contributed by atoms with Gasteiger partial charge in [-0.05, 0) is 37.6 Å². The van der Waals surface area contributed by atoms with Crippen LogP contribution in [0.15, 0.2) is 52.0 Å². The minimum atomic E-state index is -0.512. The Labute approximate surface area is 141 Å². The average Bonchev–Trinajstić information content (AvgIpc) is 2.52. The predicted molar refractivity (Wildman–Crippen MR) is 91.7 cm³/mol. The topological polar surface area (TPSA) is 84.6 Å². The molecule has 2 rings (SSSR count). The maximum Gasteiger partial charge on any atom is 0.273 e. The van der Waals surface area contributed by atoms with Crippen LogP contribution in [-0.4, -0.2) is 16.5 Å². The van der Waals surface area contributed by atoms with Gasteiger partial charge in [0.2, 0.25) is 0 Å². The number of nitrogens with zero attached hydrogens (tertiary/aromatic N) is 2. The molecule has 0 saturated heterocycles. The summed E-state index contributed by atoms with van der Waals surface area (Å²) in [5.41, 5.74) is 4.49. The number of nitro groups is 1. The minimum Gasteiger partial charge on any atom is -0.267 e. The summed E-state index contributed by atoms with van der Waals surface area (Å²) in [6.07, 6.45) is 0. The first kappa shape index (κ1) is 16.8. The number of halogens is 1. The second-order valence-corrected chi connectivity index (χ2v) is 5.82. The maximum absolute atomic E-state index is 12.1. The Kier molecular flexibility index (Phi) is 5.23. The Hall–Kier alpha value is -2.54. The molecule has 23 heavy (non-hydrogen) atoms. The molecule has 0 unspecified atom stereocenters. The van der Waals surface area contributed by atoms with Crippen molar-refractivity contribution in [3.05, 3.63) is 73.7 Å². The van der Waals surface area contributed by atoms with E-state index in [0.717, 1.165) is 10.0 Å². The molecular weight excluding hydrogens is 362 g/mol. The van der Waals surface area contributed by atoms with Gasteiger partial charge >= 0.3 is 0 Å². The van der Waals surface area contributed by atoms with E-state index in [1.165, 1.54) is 18.2 Å². The summed E-state index contributed by atoms with van der Waals surface area (Å²) in [5.74, 6) is -0.498. The van der Waals surface area contributed by atoms with Gasteiger partial charge in [-0.1, -0.05) is 34.1 Å². The zero-order valence-corrected chi connectivity index (χ0v) is 14.1. The average molecular weight is 376 g/mol. The van der Waals surface area contributed by atoms with Crippen LogP contribution >= 0.6 is 15.9 Å². The van der Waals surface area contributed by atoms with Crippen LogP contribution in [0.1, 0.15) is 28.4 Å². The number of rotatable bonds is 4. The summed E-state index contributed by atoms with van der Waals surface area (Å²) in [5, 5.41) is 15.0. The summed E-state index contributed by atoms with van der Waals surface area (Å²) in [7, 11) is 0. The molecule has 0 radical (unpaired) electrons. The third-order valence-electron chi connectivity index (χ3n) is 3.24. The number of benzene rings is 2. The molecule has 0 atom stereocenters. The van der Waals surface area contributed by atoms with Gasteiger partial charge < -0.3 is 0 Å². The minimum absolute atomic E-state index is 0.0923. The Balaban J connectivity index is 2.18. The van der Waals surface area contributed by atoms with E-state index in [2.05, 4.69) is 26.5 Å². The lowest BCUT2D eigenvalue weighted by atomic mass is 10.1. The molecule has 0 aliphatic carbocycles. The Morgan fingerprint density at radius 3 is 2.61 bits per heavy atom. The fourth-order valence-electron chi connectivity index (χ4n) is 1.92. The van der Waals surface area contributed by atoms with Gasteiger partial charge in [-0.15, -0.1) is 0 Å². The number of amides is 1. The Bertz CT molecular complexity index is 803. The molecule has 6 nitrogen and oxygen atoms in total. The van der Waals surface area contributed by atoms with E-state index < -0.39 is 10.8 Å². The van der Waals surface area contributed by atoms with Crippen molar-refractivity contribution in [3.8, 4) is 0 Å². The molecule has 0 aliphatic heterocycles. The first-order chi connectivity index (χ1) is 10.9. The molecule has 2 aromatic carbocycles. The zero-order chi connectivity index (χ0) is 17.0. The van der Waals surface area contributed by atoms with Crippen molar-refractivity contribution < 1.29 is 9.72 Å². The second-order valence-electron chi connectivity index (χ2n) is 4.91. The lowest BCUT2D eigenvalue weighted by Crippen LogP contribution is -2.19. The number of nitrogens with one attached hydrogen (secondary N) is 1. The van der Waals surface area contributed by atoms with Crippen molar-refractivity contribution in [2.75, 3.05) is 0 Å². The largest absolute Gasteiger partial charge is 0.273 e. The van der Waals surface area contributed by atoms with Gasteiger partial charge in [0.15, 0.2) is 0 Å². The predicted octanol–water partition coefficient (Wildman–Crippen LogP) is 3.82. The van der Waals surface area contributed by atoms with Gasteiger partial charge in [0.1, 0.15) is 0 Å². The molecule has 7 heteroatoms. The third kappa shape index (κ3) is 4.23. The smallest absolute Gasteiger partial charge is 0.267 e. The van der Waals surface area contributed by atoms with Crippen LogP contribution in [0.5, 0.6) is 0 Å². The van der Waals surface area contributed by atoms with Gasteiger partial charge in [0.25, 0.3) is 11.6 Å². The highest BCUT2D eigenvalue weighted by Gasteiger charge is 2.14. The fraction of sp³-hybridized carbons (Fsp3) is 0.125. The van der Waals surface area contributed by atoms with E-state index in [-0.39, 0.29) is 11.3 Å². The number of hydrazone groups is 1. The molecular formula is C16H14BrN3O3. The van der Waals surface area contributed by atoms with Crippen molar-refractivity contribution in [1.82, 2.24) is 5.43 Å². The van der Waals surface area contributed by atoms with E-state index in [0.29, 0.717) is 11.3 Å². The first-order valence-electron chi connectivity index (χ1n) is 6.74. The number of carbonyl (C=O) groups is 1. The SMILES string of the molecule is C/C(=N\NC(=O)c1ccc(C)c([N+](=O)[O-])c1)c1cccc(Br)c1. The highest BCUT2D eigenvalue weighted by Crippen LogP contribution is 2.19. The molecule has 2 aromatic rings. The maximum atomic E-state index is 12.1. The monoisotopic (exact) mass is 375 g/mol. The van der Waals surface area contributed by atoms with Crippen LogP contribution in [0.3, 0.4) is 0 Å². The van der Waals surface area contributed by atoms with Crippen molar-refractivity contribution in [1.29, 1.82) is 0 Å². The van der Waals surface area contributed by atoms with Crippen LogP contribution in [0.2, 0.25) is 0 Å². The van der Waals surface area contributed by atoms with Crippen molar-refractivity contribution in [3.63, 3.8) is 0 Å².